The van der Waals surface area contributed by atoms with Crippen molar-refractivity contribution in [3.63, 3.8) is 0 Å². The summed E-state index contributed by atoms with van der Waals surface area (Å²) in [4.78, 5) is 0. The first-order valence-electron chi connectivity index (χ1n) is 11.0. The Morgan fingerprint density at radius 2 is 1.31 bits per heavy atom. The third-order valence-electron chi connectivity index (χ3n) is 7.33. The molecule has 1 aromatic rings. The zero-order chi connectivity index (χ0) is 17.3. The highest BCUT2D eigenvalue weighted by Gasteiger charge is 2.44. The summed E-state index contributed by atoms with van der Waals surface area (Å²) in [7, 11) is -0.284. The molecule has 2 aliphatic carbocycles. The van der Waals surface area contributed by atoms with Crippen molar-refractivity contribution in [2.45, 2.75) is 93.9 Å². The molecule has 2 saturated carbocycles. The van der Waals surface area contributed by atoms with Gasteiger partial charge in [-0.1, -0.05) is 60.8 Å². The van der Waals surface area contributed by atoms with Gasteiger partial charge in [0.1, 0.15) is 0 Å². The minimum absolute atomic E-state index is 0.284. The van der Waals surface area contributed by atoms with E-state index in [1.54, 1.807) is 5.56 Å². The van der Waals surface area contributed by atoms with Gasteiger partial charge >= 0.3 is 0 Å². The van der Waals surface area contributed by atoms with Crippen LogP contribution in [0.5, 0.6) is 0 Å². The van der Waals surface area contributed by atoms with E-state index in [-0.39, 0.29) is 8.80 Å². The third-order valence-corrected chi connectivity index (χ3v) is 10.2. The van der Waals surface area contributed by atoms with E-state index in [1.807, 2.05) is 0 Å². The van der Waals surface area contributed by atoms with Crippen LogP contribution in [0.3, 0.4) is 0 Å². The van der Waals surface area contributed by atoms with Crippen LogP contribution in [-0.2, 0) is 15.5 Å². The van der Waals surface area contributed by atoms with Crippen molar-refractivity contribution in [1.29, 1.82) is 0 Å². The molecule has 2 aliphatic heterocycles. The average Bonchev–Trinajstić information content (AvgIpc) is 3.58. The average molecular weight is 370 g/mol. The Morgan fingerprint density at radius 3 is 1.85 bits per heavy atom. The third kappa shape index (κ3) is 4.43. The van der Waals surface area contributed by atoms with E-state index in [2.05, 4.69) is 30.3 Å². The number of ether oxygens (including phenoxy) is 2. The molecule has 26 heavy (non-hydrogen) atoms. The predicted molar refractivity (Wildman–Crippen MR) is 107 cm³/mol. The first kappa shape index (κ1) is 17.5. The van der Waals surface area contributed by atoms with Gasteiger partial charge in [-0.3, -0.25) is 0 Å². The molecule has 0 N–H and O–H groups in total. The first-order valence-corrected chi connectivity index (χ1v) is 13.1. The molecule has 0 spiro atoms. The van der Waals surface area contributed by atoms with Gasteiger partial charge in [0.2, 0.25) is 0 Å². The SMILES string of the molecule is c1ccc(C[Si](CCC2CCC3OC3C2)CCC2CCC3OC3C2)cc1. The molecule has 4 aliphatic rings. The molecule has 1 radical (unpaired) electrons. The molecule has 0 amide bonds. The summed E-state index contributed by atoms with van der Waals surface area (Å²) in [5, 5.41) is 0. The smallest absolute Gasteiger partial charge is 0.0844 e. The van der Waals surface area contributed by atoms with Gasteiger partial charge in [0, 0.05) is 0 Å². The van der Waals surface area contributed by atoms with Crippen LogP contribution < -0.4 is 0 Å². The van der Waals surface area contributed by atoms with Crippen molar-refractivity contribution in [1.82, 2.24) is 0 Å². The minimum atomic E-state index is -0.284. The maximum Gasteiger partial charge on any atom is 0.0844 e. The highest BCUT2D eigenvalue weighted by Crippen LogP contribution is 2.43. The Hall–Kier alpha value is -0.643. The van der Waals surface area contributed by atoms with Gasteiger partial charge < -0.3 is 9.47 Å². The standard InChI is InChI=1S/C23H33O2Si/c1-2-4-19(5-3-1)16-26(12-10-17-6-8-20-22(14-17)24-20)13-11-18-7-9-21-23(15-18)25-21/h1-5,17-18,20-23H,6-16H2. The van der Waals surface area contributed by atoms with Crippen LogP contribution >= 0.6 is 0 Å². The van der Waals surface area contributed by atoms with Crippen LogP contribution in [0, 0.1) is 11.8 Å². The maximum absolute atomic E-state index is 5.75. The quantitative estimate of drug-likeness (QED) is 0.466. The largest absolute Gasteiger partial charge is 0.370 e. The maximum atomic E-state index is 5.75. The molecule has 1 aromatic carbocycles. The summed E-state index contributed by atoms with van der Waals surface area (Å²) >= 11 is 0. The Kier molecular flexibility index (Phi) is 5.22. The molecular weight excluding hydrogens is 336 g/mol. The van der Waals surface area contributed by atoms with Crippen LogP contribution in [0.1, 0.15) is 56.9 Å². The molecule has 6 unspecified atom stereocenters. The molecule has 2 saturated heterocycles. The van der Waals surface area contributed by atoms with Crippen LogP contribution in [-0.4, -0.2) is 33.2 Å². The number of rotatable bonds is 8. The van der Waals surface area contributed by atoms with Gasteiger partial charge in [0.25, 0.3) is 0 Å². The van der Waals surface area contributed by atoms with E-state index in [4.69, 9.17) is 9.47 Å². The van der Waals surface area contributed by atoms with E-state index >= 15 is 0 Å². The van der Waals surface area contributed by atoms with Crippen molar-refractivity contribution in [3.8, 4) is 0 Å². The van der Waals surface area contributed by atoms with E-state index < -0.39 is 0 Å². The number of hydrogen-bond acceptors (Lipinski definition) is 2. The lowest BCUT2D eigenvalue weighted by atomic mass is 9.87. The highest BCUT2D eigenvalue weighted by molar-refractivity contribution is 6.58. The summed E-state index contributed by atoms with van der Waals surface area (Å²) in [6, 6.07) is 15.7. The topological polar surface area (TPSA) is 25.1 Å². The molecule has 6 atom stereocenters. The normalized spacial score (nSPS) is 37.9. The zero-order valence-corrected chi connectivity index (χ0v) is 16.9. The van der Waals surface area contributed by atoms with Gasteiger partial charge in [0.15, 0.2) is 0 Å². The monoisotopic (exact) mass is 369 g/mol. The second kappa shape index (κ2) is 7.77. The lowest BCUT2D eigenvalue weighted by Crippen LogP contribution is -2.22. The molecule has 0 bridgehead atoms. The molecule has 2 heterocycles. The zero-order valence-electron chi connectivity index (χ0n) is 15.9. The fraction of sp³-hybridized carbons (Fsp3) is 0.739. The Labute approximate surface area is 160 Å². The van der Waals surface area contributed by atoms with E-state index in [0.29, 0.717) is 24.4 Å². The van der Waals surface area contributed by atoms with Crippen molar-refractivity contribution in [2.75, 3.05) is 0 Å². The lowest BCUT2D eigenvalue weighted by Gasteiger charge is -2.24. The van der Waals surface area contributed by atoms with Gasteiger partial charge in [-0.05, 0) is 56.4 Å². The van der Waals surface area contributed by atoms with Crippen molar-refractivity contribution in [2.24, 2.45) is 11.8 Å². The molecule has 4 fully saturated rings. The summed E-state index contributed by atoms with van der Waals surface area (Å²) in [5.41, 5.74) is 1.57. The van der Waals surface area contributed by atoms with Crippen molar-refractivity contribution >= 4 is 8.80 Å². The fourth-order valence-corrected chi connectivity index (χ4v) is 8.55. The highest BCUT2D eigenvalue weighted by atomic mass is 28.3. The number of epoxide rings is 2. The summed E-state index contributed by atoms with van der Waals surface area (Å²) in [6.45, 7) is 0. The molecular formula is C23H33O2Si. The predicted octanol–water partition coefficient (Wildman–Crippen LogP) is 5.18. The van der Waals surface area contributed by atoms with Crippen molar-refractivity contribution in [3.05, 3.63) is 35.9 Å². The summed E-state index contributed by atoms with van der Waals surface area (Å²) in [5.74, 6) is 1.90. The molecule has 2 nitrogen and oxygen atoms in total. The Morgan fingerprint density at radius 1 is 0.731 bits per heavy atom. The Balaban J connectivity index is 1.13. The van der Waals surface area contributed by atoms with Gasteiger partial charge in [0.05, 0.1) is 33.2 Å². The lowest BCUT2D eigenvalue weighted by molar-refractivity contribution is 0.355. The van der Waals surface area contributed by atoms with E-state index in [9.17, 15) is 0 Å². The van der Waals surface area contributed by atoms with E-state index in [0.717, 1.165) is 11.8 Å². The van der Waals surface area contributed by atoms with Crippen LogP contribution in [0.25, 0.3) is 0 Å². The number of hydrogen-bond donors (Lipinski definition) is 0. The first-order chi connectivity index (χ1) is 12.8. The molecule has 141 valence electrons. The fourth-order valence-electron chi connectivity index (χ4n) is 5.50. The second-order valence-corrected chi connectivity index (χ2v) is 12.1. The van der Waals surface area contributed by atoms with Crippen molar-refractivity contribution < 1.29 is 9.47 Å². The van der Waals surface area contributed by atoms with Crippen LogP contribution in [0.15, 0.2) is 30.3 Å². The van der Waals surface area contributed by atoms with E-state index in [1.165, 1.54) is 69.5 Å². The molecule has 3 heteroatoms. The van der Waals surface area contributed by atoms with Gasteiger partial charge in [-0.25, -0.2) is 0 Å². The van der Waals surface area contributed by atoms with Gasteiger partial charge in [-0.15, -0.1) is 0 Å². The summed E-state index contributed by atoms with van der Waals surface area (Å²) in [6.07, 6.45) is 13.7. The van der Waals surface area contributed by atoms with Crippen LogP contribution in [0.2, 0.25) is 12.1 Å². The number of fused-ring (bicyclic) bond motifs is 2. The minimum Gasteiger partial charge on any atom is -0.370 e. The summed E-state index contributed by atoms with van der Waals surface area (Å²) < 4.78 is 11.5. The molecule has 0 aromatic heterocycles. The van der Waals surface area contributed by atoms with Gasteiger partial charge in [-0.2, -0.15) is 0 Å². The molecule has 5 rings (SSSR count). The Bertz CT molecular complexity index is 559. The van der Waals surface area contributed by atoms with Crippen LogP contribution in [0.4, 0.5) is 0 Å². The second-order valence-electron chi connectivity index (χ2n) is 9.27. The number of benzene rings is 1.